The first-order valence-electron chi connectivity index (χ1n) is 12.4. The van der Waals surface area contributed by atoms with E-state index in [4.69, 9.17) is 19.7 Å². The van der Waals surface area contributed by atoms with Gasteiger partial charge in [0.1, 0.15) is 11.9 Å². The van der Waals surface area contributed by atoms with E-state index < -0.39 is 6.09 Å². The average Bonchev–Trinajstić information content (AvgIpc) is 3.80. The third-order valence-electron chi connectivity index (χ3n) is 6.84. The van der Waals surface area contributed by atoms with Gasteiger partial charge in [0.25, 0.3) is 5.89 Å². The normalized spacial score (nSPS) is 16.2. The number of nitrogens with one attached hydrogen (secondary N) is 1. The van der Waals surface area contributed by atoms with Gasteiger partial charge in [-0.1, -0.05) is 17.3 Å². The van der Waals surface area contributed by atoms with E-state index in [-0.39, 0.29) is 12.7 Å². The van der Waals surface area contributed by atoms with E-state index in [1.165, 1.54) is 0 Å². The lowest BCUT2D eigenvalue weighted by molar-refractivity contribution is 0.108. The number of aromatic nitrogens is 3. The van der Waals surface area contributed by atoms with Crippen LogP contribution in [0.15, 0.2) is 47.0 Å². The first-order valence-corrected chi connectivity index (χ1v) is 12.4. The number of hydrogen-bond donors (Lipinski definition) is 2. The molecule has 2 aromatic heterocycles. The molecule has 0 radical (unpaired) electrons. The van der Waals surface area contributed by atoms with Crippen molar-refractivity contribution in [3.63, 3.8) is 0 Å². The first kappa shape index (κ1) is 22.5. The van der Waals surface area contributed by atoms with Crippen molar-refractivity contribution in [1.29, 1.82) is 0 Å². The first-order chi connectivity index (χ1) is 17.5. The molecule has 0 aliphatic heterocycles. The third kappa shape index (κ3) is 4.48. The Balaban J connectivity index is 1.25. The van der Waals surface area contributed by atoms with Crippen molar-refractivity contribution in [3.05, 3.63) is 54.2 Å². The summed E-state index contributed by atoms with van der Waals surface area (Å²) in [7, 11) is 0. The zero-order valence-corrected chi connectivity index (χ0v) is 20.4. The second-order valence-electron chi connectivity index (χ2n) is 9.72. The second-order valence-corrected chi connectivity index (χ2v) is 9.72. The minimum Gasteiger partial charge on any atom is -0.484 e. The molecule has 2 aliphatic carbocycles. The number of benzene rings is 2. The summed E-state index contributed by atoms with van der Waals surface area (Å²) in [5.41, 5.74) is 11.1. The highest BCUT2D eigenvalue weighted by atomic mass is 16.6. The molecule has 36 heavy (non-hydrogen) atoms. The molecular weight excluding hydrogens is 458 g/mol. The number of ether oxygens (including phenoxy) is 2. The maximum atomic E-state index is 12.2. The summed E-state index contributed by atoms with van der Waals surface area (Å²) in [5.74, 6) is 2.22. The van der Waals surface area contributed by atoms with Crippen LogP contribution in [0.1, 0.15) is 50.4 Å². The van der Waals surface area contributed by atoms with Crippen molar-refractivity contribution in [3.8, 4) is 17.0 Å². The van der Waals surface area contributed by atoms with E-state index in [0.29, 0.717) is 35.1 Å². The Labute approximate surface area is 208 Å². The molecule has 1 atom stereocenters. The number of nitrogens with two attached hydrogens (primary N) is 1. The standard InChI is InChI=1S/C27H29N5O4/c1-15(17-3-4-17)35-27(33)30-19-7-5-18(6-8-19)26-25(28)22-12-11-21(13-23(22)32(26)20-9-10-20)34-14-24-29-16(2)31-36-24/h5-8,11-13,15,17,20H,3-4,9-10,14,28H2,1-2H3,(H,30,33). The topological polar surface area (TPSA) is 117 Å². The van der Waals surface area contributed by atoms with Gasteiger partial charge in [-0.15, -0.1) is 0 Å². The highest BCUT2D eigenvalue weighted by Gasteiger charge is 2.31. The van der Waals surface area contributed by atoms with E-state index in [2.05, 4.69) is 20.0 Å². The lowest BCUT2D eigenvalue weighted by Crippen LogP contribution is -2.21. The van der Waals surface area contributed by atoms with E-state index in [0.717, 1.165) is 53.5 Å². The maximum Gasteiger partial charge on any atom is 0.411 e. The lowest BCUT2D eigenvalue weighted by Gasteiger charge is -2.14. The zero-order valence-electron chi connectivity index (χ0n) is 20.4. The number of nitrogen functional groups attached to an aromatic ring is 1. The quantitative estimate of drug-likeness (QED) is 0.320. The number of hydrogen-bond acceptors (Lipinski definition) is 7. The summed E-state index contributed by atoms with van der Waals surface area (Å²) in [5, 5.41) is 7.61. The molecule has 2 fully saturated rings. The van der Waals surface area contributed by atoms with Gasteiger partial charge in [-0.25, -0.2) is 4.79 Å². The summed E-state index contributed by atoms with van der Waals surface area (Å²) in [4.78, 5) is 16.4. The number of fused-ring (bicyclic) bond motifs is 1. The Morgan fingerprint density at radius 2 is 1.97 bits per heavy atom. The van der Waals surface area contributed by atoms with Crippen LogP contribution in [0, 0.1) is 12.8 Å². The van der Waals surface area contributed by atoms with Gasteiger partial charge < -0.3 is 24.3 Å². The van der Waals surface area contributed by atoms with Crippen LogP contribution in [-0.2, 0) is 11.3 Å². The van der Waals surface area contributed by atoms with Crippen LogP contribution >= 0.6 is 0 Å². The molecule has 9 heteroatoms. The van der Waals surface area contributed by atoms with E-state index >= 15 is 0 Å². The molecular formula is C27H29N5O4. The van der Waals surface area contributed by atoms with Crippen molar-refractivity contribution < 1.29 is 18.8 Å². The SMILES string of the molecule is Cc1noc(COc2ccc3c(N)c(-c4ccc(NC(=O)OC(C)C5CC5)cc4)n(C4CC4)c3c2)n1. The molecule has 3 N–H and O–H groups in total. The Morgan fingerprint density at radius 3 is 2.64 bits per heavy atom. The predicted octanol–water partition coefficient (Wildman–Crippen LogP) is 5.84. The van der Waals surface area contributed by atoms with Gasteiger partial charge in [-0.2, -0.15) is 4.98 Å². The fraction of sp³-hybridized carbons (Fsp3) is 0.370. The number of rotatable bonds is 8. The number of aryl methyl sites for hydroxylation is 1. The summed E-state index contributed by atoms with van der Waals surface area (Å²) >= 11 is 0. The van der Waals surface area contributed by atoms with Crippen molar-refractivity contribution in [1.82, 2.24) is 14.7 Å². The van der Waals surface area contributed by atoms with Gasteiger partial charge in [-0.3, -0.25) is 5.32 Å². The van der Waals surface area contributed by atoms with Crippen LogP contribution in [0.25, 0.3) is 22.2 Å². The van der Waals surface area contributed by atoms with Crippen LogP contribution < -0.4 is 15.8 Å². The molecule has 2 aromatic carbocycles. The van der Waals surface area contributed by atoms with Crippen molar-refractivity contribution in [2.45, 2.75) is 58.3 Å². The molecule has 1 unspecified atom stereocenters. The fourth-order valence-electron chi connectivity index (χ4n) is 4.65. The van der Waals surface area contributed by atoms with Gasteiger partial charge in [0.05, 0.1) is 16.9 Å². The second kappa shape index (κ2) is 8.89. The molecule has 186 valence electrons. The summed E-state index contributed by atoms with van der Waals surface area (Å²) in [6.45, 7) is 3.92. The Bertz CT molecular complexity index is 1420. The Hall–Kier alpha value is -4.01. The molecule has 2 heterocycles. The molecule has 4 aromatic rings. The molecule has 2 aliphatic rings. The van der Waals surface area contributed by atoms with Crippen LogP contribution in [-0.4, -0.2) is 26.9 Å². The monoisotopic (exact) mass is 487 g/mol. The smallest absolute Gasteiger partial charge is 0.411 e. The van der Waals surface area contributed by atoms with E-state index in [1.807, 2.05) is 49.4 Å². The highest BCUT2D eigenvalue weighted by molar-refractivity contribution is 6.02. The summed E-state index contributed by atoms with van der Waals surface area (Å²) in [6.07, 6.45) is 4.00. The van der Waals surface area contributed by atoms with Crippen molar-refractivity contribution >= 4 is 28.4 Å². The van der Waals surface area contributed by atoms with Crippen LogP contribution in [0.5, 0.6) is 5.75 Å². The Morgan fingerprint density at radius 1 is 1.19 bits per heavy atom. The highest BCUT2D eigenvalue weighted by Crippen LogP contribution is 2.47. The molecule has 0 spiro atoms. The largest absolute Gasteiger partial charge is 0.484 e. The molecule has 6 rings (SSSR count). The van der Waals surface area contributed by atoms with Crippen LogP contribution in [0.3, 0.4) is 0 Å². The lowest BCUT2D eigenvalue weighted by atomic mass is 10.1. The van der Waals surface area contributed by atoms with Crippen LogP contribution in [0.4, 0.5) is 16.2 Å². The van der Waals surface area contributed by atoms with Crippen LogP contribution in [0.2, 0.25) is 0 Å². The number of carbonyl (C=O) groups is 1. The van der Waals surface area contributed by atoms with Gasteiger partial charge in [-0.05, 0) is 69.7 Å². The molecule has 1 amide bonds. The summed E-state index contributed by atoms with van der Waals surface area (Å²) in [6, 6.07) is 14.0. The van der Waals surface area contributed by atoms with E-state index in [1.54, 1.807) is 6.92 Å². The minimum absolute atomic E-state index is 0.0525. The predicted molar refractivity (Wildman–Crippen MR) is 136 cm³/mol. The van der Waals surface area contributed by atoms with Gasteiger partial charge in [0.15, 0.2) is 12.4 Å². The Kier molecular flexibility index (Phi) is 5.55. The molecule has 9 nitrogen and oxygen atoms in total. The number of amides is 1. The van der Waals surface area contributed by atoms with Gasteiger partial charge in [0.2, 0.25) is 0 Å². The minimum atomic E-state index is -0.419. The molecule has 0 saturated heterocycles. The zero-order chi connectivity index (χ0) is 24.8. The maximum absolute atomic E-state index is 12.2. The van der Waals surface area contributed by atoms with Crippen molar-refractivity contribution in [2.75, 3.05) is 11.1 Å². The number of anilines is 2. The van der Waals surface area contributed by atoms with Crippen molar-refractivity contribution in [2.24, 2.45) is 5.92 Å². The molecule has 0 bridgehead atoms. The molecule has 2 saturated carbocycles. The fourth-order valence-corrected chi connectivity index (χ4v) is 4.65. The average molecular weight is 488 g/mol. The number of carbonyl (C=O) groups excluding carboxylic acids is 1. The summed E-state index contributed by atoms with van der Waals surface area (Å²) < 4.78 is 18.8. The van der Waals surface area contributed by atoms with E-state index in [9.17, 15) is 4.79 Å². The van der Waals surface area contributed by atoms with Gasteiger partial charge in [0, 0.05) is 28.7 Å². The third-order valence-corrected chi connectivity index (χ3v) is 6.84. The number of nitrogens with zero attached hydrogens (tertiary/aromatic N) is 3. The van der Waals surface area contributed by atoms with Gasteiger partial charge >= 0.3 is 6.09 Å².